The molecule has 1 fully saturated rings. The maximum atomic E-state index is 14.0. The molecule has 166 valence electrons. The molecule has 3 aromatic rings. The summed E-state index contributed by atoms with van der Waals surface area (Å²) < 4.78 is 4.13. The zero-order valence-corrected chi connectivity index (χ0v) is 21.1. The molecular weight excluding hydrogens is 546 g/mol. The van der Waals surface area contributed by atoms with Gasteiger partial charge in [-0.3, -0.25) is 9.59 Å². The first-order chi connectivity index (χ1) is 15.9. The highest BCUT2D eigenvalue weighted by molar-refractivity contribution is 9.10. The van der Waals surface area contributed by atoms with Gasteiger partial charge in [0.1, 0.15) is 5.75 Å². The fourth-order valence-corrected chi connectivity index (χ4v) is 8.14. The molecule has 0 radical (unpaired) electrons. The summed E-state index contributed by atoms with van der Waals surface area (Å²) in [6.45, 7) is 2.67. The zero-order valence-electron chi connectivity index (χ0n) is 17.9. The molecule has 3 aromatic carbocycles. The van der Waals surface area contributed by atoms with Crippen molar-refractivity contribution in [2.24, 2.45) is 11.8 Å². The van der Waals surface area contributed by atoms with E-state index in [1.165, 1.54) is 4.90 Å². The van der Waals surface area contributed by atoms with E-state index >= 15 is 0 Å². The predicted octanol–water partition coefficient (Wildman–Crippen LogP) is 5.89. The third kappa shape index (κ3) is 2.56. The van der Waals surface area contributed by atoms with Crippen molar-refractivity contribution in [3.63, 3.8) is 0 Å². The Kier molecular flexibility index (Phi) is 4.66. The van der Waals surface area contributed by atoms with Crippen molar-refractivity contribution in [1.29, 1.82) is 0 Å². The van der Waals surface area contributed by atoms with Gasteiger partial charge in [-0.05, 0) is 52.9 Å². The van der Waals surface area contributed by atoms with Gasteiger partial charge in [-0.25, -0.2) is 4.90 Å². The van der Waals surface area contributed by atoms with E-state index in [-0.39, 0.29) is 11.8 Å². The van der Waals surface area contributed by atoms with Gasteiger partial charge in [0.25, 0.3) is 0 Å². The second-order valence-electron chi connectivity index (χ2n) is 8.82. The average Bonchev–Trinajstić information content (AvgIpc) is 3.12. The van der Waals surface area contributed by atoms with Crippen LogP contribution in [0.25, 0.3) is 0 Å². The van der Waals surface area contributed by atoms with Gasteiger partial charge >= 0.3 is 0 Å². The molecule has 4 nitrogen and oxygen atoms in total. The van der Waals surface area contributed by atoms with Crippen LogP contribution in [0.3, 0.4) is 0 Å². The number of carbonyl (C=O) groups excluding carboxylic acids is 2. The van der Waals surface area contributed by atoms with Crippen molar-refractivity contribution in [2.75, 3.05) is 11.5 Å². The van der Waals surface area contributed by atoms with Crippen molar-refractivity contribution in [2.45, 2.75) is 22.0 Å². The first-order valence-electron chi connectivity index (χ1n) is 11.1. The van der Waals surface area contributed by atoms with E-state index in [0.29, 0.717) is 12.3 Å². The van der Waals surface area contributed by atoms with Gasteiger partial charge in [-0.15, -0.1) is 0 Å². The summed E-state index contributed by atoms with van der Waals surface area (Å²) >= 11 is 8.06. The molecule has 2 amide bonds. The Morgan fingerprint density at radius 1 is 0.758 bits per heavy atom. The summed E-state index contributed by atoms with van der Waals surface area (Å²) in [5.41, 5.74) is 4.71. The number of hydrogen-bond acceptors (Lipinski definition) is 3. The third-order valence-electron chi connectivity index (χ3n) is 7.15. The minimum Gasteiger partial charge on any atom is -0.494 e. The number of hydrogen-bond donors (Lipinski definition) is 0. The Balaban J connectivity index is 1.52. The van der Waals surface area contributed by atoms with Crippen molar-refractivity contribution in [1.82, 2.24) is 0 Å². The minimum atomic E-state index is -0.772. The number of imide groups is 1. The number of halogens is 2. The summed E-state index contributed by atoms with van der Waals surface area (Å²) in [7, 11) is 0. The number of alkyl halides is 2. The van der Waals surface area contributed by atoms with Gasteiger partial charge in [-0.1, -0.05) is 87.3 Å². The van der Waals surface area contributed by atoms with E-state index in [1.807, 2.05) is 43.3 Å². The van der Waals surface area contributed by atoms with Gasteiger partial charge in [0.15, 0.2) is 0 Å². The maximum absolute atomic E-state index is 14.0. The van der Waals surface area contributed by atoms with Crippen molar-refractivity contribution >= 4 is 49.4 Å². The normalized spacial score (nSPS) is 29.0. The van der Waals surface area contributed by atoms with Gasteiger partial charge in [0, 0.05) is 0 Å². The lowest BCUT2D eigenvalue weighted by atomic mass is 9.54. The van der Waals surface area contributed by atoms with Crippen LogP contribution in [0.5, 0.6) is 5.75 Å². The fourth-order valence-electron chi connectivity index (χ4n) is 5.83. The lowest BCUT2D eigenvalue weighted by Gasteiger charge is -2.55. The summed E-state index contributed by atoms with van der Waals surface area (Å²) in [4.78, 5) is 29.3. The van der Waals surface area contributed by atoms with Gasteiger partial charge in [-0.2, -0.15) is 0 Å². The number of anilines is 1. The minimum absolute atomic E-state index is 0.183. The maximum Gasteiger partial charge on any atom is 0.239 e. The Labute approximate surface area is 209 Å². The Bertz CT molecular complexity index is 1180. The topological polar surface area (TPSA) is 46.6 Å². The van der Waals surface area contributed by atoms with Crippen LogP contribution in [0, 0.1) is 11.8 Å². The summed E-state index contributed by atoms with van der Waals surface area (Å²) in [5, 5.41) is 0. The number of ether oxygens (including phenoxy) is 1. The summed E-state index contributed by atoms with van der Waals surface area (Å²) in [5.74, 6) is -0.768. The number of amides is 2. The molecule has 1 heterocycles. The molecule has 0 saturated carbocycles. The molecule has 0 spiro atoms. The lowest BCUT2D eigenvalue weighted by molar-refractivity contribution is -0.122. The first-order valence-corrected chi connectivity index (χ1v) is 12.7. The van der Waals surface area contributed by atoms with Crippen molar-refractivity contribution in [3.05, 3.63) is 95.1 Å². The molecule has 33 heavy (non-hydrogen) atoms. The molecule has 4 aliphatic rings. The van der Waals surface area contributed by atoms with E-state index in [4.69, 9.17) is 4.74 Å². The SMILES string of the molecule is CCCOc1ccc(N2C(=O)[C@@H]3[C@@H](C2=O)C2(Br)c4ccccc4C3(Br)c3ccccc32)cc1. The summed E-state index contributed by atoms with van der Waals surface area (Å²) in [6, 6.07) is 23.4. The highest BCUT2D eigenvalue weighted by Crippen LogP contribution is 2.70. The largest absolute Gasteiger partial charge is 0.494 e. The van der Waals surface area contributed by atoms with Crippen LogP contribution < -0.4 is 9.64 Å². The van der Waals surface area contributed by atoms with Gasteiger partial charge in [0.05, 0.1) is 32.8 Å². The van der Waals surface area contributed by atoms with Crippen LogP contribution in [0.1, 0.15) is 35.6 Å². The van der Waals surface area contributed by atoms with Crippen LogP contribution in [0.4, 0.5) is 5.69 Å². The molecule has 1 aliphatic heterocycles. The van der Waals surface area contributed by atoms with Crippen LogP contribution in [0.15, 0.2) is 72.8 Å². The molecule has 0 N–H and O–H groups in total. The standard InChI is InChI=1S/C27H21Br2NO3/c1-2-15-33-17-13-11-16(12-14-17)30-24(31)22-23(25(30)32)27(29)19-8-4-3-7-18(19)26(22,28)20-9-5-6-10-21(20)27/h3-14,22-23H,2,15H2,1H3/t22-,23-,26?,27?/m0/s1. The van der Waals surface area contributed by atoms with E-state index in [0.717, 1.165) is 34.4 Å². The Morgan fingerprint density at radius 3 is 1.58 bits per heavy atom. The molecule has 0 aromatic heterocycles. The smallest absolute Gasteiger partial charge is 0.239 e. The monoisotopic (exact) mass is 565 g/mol. The Hall–Kier alpha value is -2.44. The molecule has 1 saturated heterocycles. The lowest BCUT2D eigenvalue weighted by Crippen LogP contribution is -2.56. The van der Waals surface area contributed by atoms with Crippen LogP contribution in [0.2, 0.25) is 0 Å². The quantitative estimate of drug-likeness (QED) is 0.292. The van der Waals surface area contributed by atoms with Gasteiger partial charge in [0.2, 0.25) is 11.8 Å². The third-order valence-corrected chi connectivity index (χ3v) is 9.85. The predicted molar refractivity (Wildman–Crippen MR) is 134 cm³/mol. The fraction of sp³-hybridized carbons (Fsp3) is 0.259. The van der Waals surface area contributed by atoms with Crippen molar-refractivity contribution < 1.29 is 14.3 Å². The van der Waals surface area contributed by atoms with Crippen LogP contribution in [-0.2, 0) is 18.2 Å². The van der Waals surface area contributed by atoms with E-state index in [1.54, 1.807) is 12.1 Å². The average molecular weight is 567 g/mol. The molecule has 7 rings (SSSR count). The van der Waals surface area contributed by atoms with Crippen molar-refractivity contribution in [3.8, 4) is 5.75 Å². The second kappa shape index (κ2) is 7.28. The second-order valence-corrected chi connectivity index (χ2v) is 11.3. The Morgan fingerprint density at radius 2 is 1.18 bits per heavy atom. The first kappa shape index (κ1) is 21.1. The molecular formula is C27H21Br2NO3. The number of benzene rings is 3. The van der Waals surface area contributed by atoms with Gasteiger partial charge < -0.3 is 4.74 Å². The molecule has 2 atom stereocenters. The van der Waals surface area contributed by atoms with E-state index in [9.17, 15) is 9.59 Å². The van der Waals surface area contributed by atoms with E-state index in [2.05, 4.69) is 56.1 Å². The van der Waals surface area contributed by atoms with Crippen LogP contribution in [-0.4, -0.2) is 18.4 Å². The molecule has 6 heteroatoms. The van der Waals surface area contributed by atoms with Crippen LogP contribution >= 0.6 is 31.9 Å². The summed E-state index contributed by atoms with van der Waals surface area (Å²) in [6.07, 6.45) is 0.913. The molecule has 3 aliphatic carbocycles. The number of carbonyl (C=O) groups is 2. The number of nitrogens with zero attached hydrogens (tertiary/aromatic N) is 1. The zero-order chi connectivity index (χ0) is 23.0. The number of rotatable bonds is 4. The molecule has 2 bridgehead atoms. The highest BCUT2D eigenvalue weighted by atomic mass is 79.9. The molecule has 0 unspecified atom stereocenters. The highest BCUT2D eigenvalue weighted by Gasteiger charge is 2.72. The van der Waals surface area contributed by atoms with E-state index < -0.39 is 20.5 Å².